The number of benzene rings is 1. The molecule has 0 aliphatic rings. The molecule has 0 bridgehead atoms. The molecule has 27 heavy (non-hydrogen) atoms. The number of sulfone groups is 1. The number of sulfonamides is 1. The van der Waals surface area contributed by atoms with E-state index >= 15 is 0 Å². The summed E-state index contributed by atoms with van der Waals surface area (Å²) < 4.78 is 57.9. The van der Waals surface area contributed by atoms with Crippen molar-refractivity contribution < 1.29 is 21.6 Å². The van der Waals surface area contributed by atoms with Gasteiger partial charge in [0.1, 0.15) is 11.0 Å². The van der Waals surface area contributed by atoms with Crippen molar-refractivity contribution in [1.82, 2.24) is 9.71 Å². The van der Waals surface area contributed by atoms with Crippen molar-refractivity contribution in [2.24, 2.45) is 0 Å². The van der Waals surface area contributed by atoms with Gasteiger partial charge in [-0.1, -0.05) is 6.07 Å². The van der Waals surface area contributed by atoms with Gasteiger partial charge in [0.2, 0.25) is 10.0 Å². The van der Waals surface area contributed by atoms with Crippen LogP contribution in [0.4, 0.5) is 0 Å². The van der Waals surface area contributed by atoms with Crippen molar-refractivity contribution in [1.29, 1.82) is 0 Å². The quantitative estimate of drug-likeness (QED) is 0.577. The summed E-state index contributed by atoms with van der Waals surface area (Å²) in [5.74, 6) is 0.560. The first-order valence-corrected chi connectivity index (χ1v) is 11.8. The third kappa shape index (κ3) is 5.90. The molecule has 1 atom stereocenters. The zero-order valence-electron chi connectivity index (χ0n) is 14.7. The van der Waals surface area contributed by atoms with Crippen LogP contribution in [0, 0.1) is 0 Å². The van der Waals surface area contributed by atoms with E-state index in [1.54, 1.807) is 12.1 Å². The third-order valence-corrected chi connectivity index (χ3v) is 7.67. The van der Waals surface area contributed by atoms with E-state index in [9.17, 15) is 16.8 Å². The van der Waals surface area contributed by atoms with Crippen molar-refractivity contribution in [3.05, 3.63) is 54.4 Å². The van der Waals surface area contributed by atoms with Crippen LogP contribution < -0.4 is 9.46 Å². The Labute approximate surface area is 164 Å². The van der Waals surface area contributed by atoms with E-state index in [0.717, 1.165) is 0 Å². The molecule has 10 heteroatoms. The maximum absolute atomic E-state index is 13.1. The minimum atomic E-state index is -3.87. The summed E-state index contributed by atoms with van der Waals surface area (Å²) in [4.78, 5) is 4.02. The summed E-state index contributed by atoms with van der Waals surface area (Å²) in [5.41, 5.74) is 0.397. The molecule has 0 amide bonds. The van der Waals surface area contributed by atoms with Gasteiger partial charge in [-0.3, -0.25) is 4.98 Å². The zero-order chi connectivity index (χ0) is 19.9. The molecule has 0 fully saturated rings. The maximum atomic E-state index is 13.1. The first-order chi connectivity index (χ1) is 12.8. The van der Waals surface area contributed by atoms with Gasteiger partial charge < -0.3 is 4.74 Å². The van der Waals surface area contributed by atoms with E-state index in [0.29, 0.717) is 11.3 Å². The molecule has 1 N–H and O–H groups in total. The lowest BCUT2D eigenvalue weighted by Gasteiger charge is -2.19. The first kappa shape index (κ1) is 21.6. The normalized spacial score (nSPS) is 13.3. The van der Waals surface area contributed by atoms with Crippen molar-refractivity contribution in [2.45, 2.75) is 16.6 Å². The Balaban J connectivity index is 2.34. The summed E-state index contributed by atoms with van der Waals surface area (Å²) in [6.07, 6.45) is 3.21. The second kappa shape index (κ2) is 9.50. The van der Waals surface area contributed by atoms with Crippen LogP contribution in [0.2, 0.25) is 0 Å². The molecule has 2 aromatic rings. The van der Waals surface area contributed by atoms with Gasteiger partial charge in [0, 0.05) is 24.8 Å². The van der Waals surface area contributed by atoms with E-state index in [4.69, 9.17) is 16.3 Å². The highest BCUT2D eigenvalue weighted by Crippen LogP contribution is 2.29. The number of methoxy groups -OCH3 is 1. The standard InChI is InChI=1S/C17H21ClN2O5S2/c1-25-15-5-7-16(8-6-15)27(23,24)17(14-4-2-10-19-12-14)13-20-26(21,22)11-3-9-18/h2,4-8,10,12,17,20H,3,9,11,13H2,1H3. The van der Waals surface area contributed by atoms with Gasteiger partial charge in [0.05, 0.1) is 17.8 Å². The summed E-state index contributed by atoms with van der Waals surface area (Å²) >= 11 is 5.54. The van der Waals surface area contributed by atoms with Gasteiger partial charge >= 0.3 is 0 Å². The molecule has 1 unspecified atom stereocenters. The number of hydrogen-bond acceptors (Lipinski definition) is 6. The van der Waals surface area contributed by atoms with Gasteiger partial charge in [-0.2, -0.15) is 0 Å². The maximum Gasteiger partial charge on any atom is 0.211 e. The molecule has 0 aliphatic heterocycles. The summed E-state index contributed by atoms with van der Waals surface area (Å²) in [7, 11) is -6.03. The van der Waals surface area contributed by atoms with Gasteiger partial charge in [-0.15, -0.1) is 11.6 Å². The van der Waals surface area contributed by atoms with E-state index in [1.165, 1.54) is 43.8 Å². The molecule has 0 radical (unpaired) electrons. The lowest BCUT2D eigenvalue weighted by atomic mass is 10.2. The fraction of sp³-hybridized carbons (Fsp3) is 0.353. The topological polar surface area (TPSA) is 102 Å². The average molecular weight is 433 g/mol. The number of halogens is 1. The van der Waals surface area contributed by atoms with Crippen LogP contribution in [0.5, 0.6) is 5.75 Å². The van der Waals surface area contributed by atoms with Crippen molar-refractivity contribution in [3.63, 3.8) is 0 Å². The molecular weight excluding hydrogens is 412 g/mol. The van der Waals surface area contributed by atoms with Gasteiger partial charge in [-0.25, -0.2) is 21.6 Å². The number of nitrogens with zero attached hydrogens (tertiary/aromatic N) is 1. The molecule has 148 valence electrons. The highest BCUT2D eigenvalue weighted by atomic mass is 35.5. The molecule has 0 aliphatic carbocycles. The molecule has 0 spiro atoms. The molecule has 7 nitrogen and oxygen atoms in total. The Bertz CT molecular complexity index is 933. The first-order valence-electron chi connectivity index (χ1n) is 8.11. The Kier molecular flexibility index (Phi) is 7.60. The van der Waals surface area contributed by atoms with E-state index in [-0.39, 0.29) is 29.5 Å². The Morgan fingerprint density at radius 3 is 2.41 bits per heavy atom. The van der Waals surface area contributed by atoms with E-state index in [1.807, 2.05) is 0 Å². The van der Waals surface area contributed by atoms with Crippen molar-refractivity contribution in [2.75, 3.05) is 25.3 Å². The number of rotatable bonds is 10. The highest BCUT2D eigenvalue weighted by Gasteiger charge is 2.30. The number of pyridine rings is 1. The van der Waals surface area contributed by atoms with E-state index in [2.05, 4.69) is 9.71 Å². The summed E-state index contributed by atoms with van der Waals surface area (Å²) in [6, 6.07) is 9.15. The van der Waals surface area contributed by atoms with Crippen molar-refractivity contribution in [3.8, 4) is 5.75 Å². The van der Waals surface area contributed by atoms with Crippen LogP contribution in [-0.4, -0.2) is 47.1 Å². The molecule has 0 saturated heterocycles. The number of ether oxygens (including phenoxy) is 1. The largest absolute Gasteiger partial charge is 0.497 e. The minimum Gasteiger partial charge on any atom is -0.497 e. The van der Waals surface area contributed by atoms with Gasteiger partial charge in [0.15, 0.2) is 9.84 Å². The van der Waals surface area contributed by atoms with Crippen LogP contribution in [-0.2, 0) is 19.9 Å². The monoisotopic (exact) mass is 432 g/mol. The van der Waals surface area contributed by atoms with Gasteiger partial charge in [0.25, 0.3) is 0 Å². The van der Waals surface area contributed by atoms with Crippen LogP contribution in [0.25, 0.3) is 0 Å². The van der Waals surface area contributed by atoms with Crippen LogP contribution in [0.1, 0.15) is 17.2 Å². The molecule has 2 rings (SSSR count). The average Bonchev–Trinajstić information content (AvgIpc) is 2.67. The fourth-order valence-corrected chi connectivity index (χ4v) is 5.55. The molecule has 1 heterocycles. The Morgan fingerprint density at radius 2 is 1.85 bits per heavy atom. The van der Waals surface area contributed by atoms with Gasteiger partial charge in [-0.05, 0) is 42.3 Å². The molecule has 1 aromatic carbocycles. The summed E-state index contributed by atoms with van der Waals surface area (Å²) in [6.45, 7) is -0.301. The second-order valence-corrected chi connectivity index (χ2v) is 10.1. The Morgan fingerprint density at radius 1 is 1.15 bits per heavy atom. The highest BCUT2D eigenvalue weighted by molar-refractivity contribution is 7.92. The number of hydrogen-bond donors (Lipinski definition) is 1. The SMILES string of the molecule is COc1ccc(S(=O)(=O)C(CNS(=O)(=O)CCCCl)c2cccnc2)cc1. The van der Waals surface area contributed by atoms with Crippen LogP contribution in [0.3, 0.4) is 0 Å². The second-order valence-electron chi connectivity index (χ2n) is 5.71. The third-order valence-electron chi connectivity index (χ3n) is 3.85. The smallest absolute Gasteiger partial charge is 0.211 e. The minimum absolute atomic E-state index is 0.0668. The predicted molar refractivity (Wildman–Crippen MR) is 104 cm³/mol. The number of nitrogens with one attached hydrogen (secondary N) is 1. The Hall–Kier alpha value is -1.68. The summed E-state index contributed by atoms with van der Waals surface area (Å²) in [5, 5.41) is -1.12. The molecule has 1 aromatic heterocycles. The number of aromatic nitrogens is 1. The van der Waals surface area contributed by atoms with Crippen molar-refractivity contribution >= 4 is 31.5 Å². The number of alkyl halides is 1. The lowest BCUT2D eigenvalue weighted by Crippen LogP contribution is -2.33. The predicted octanol–water partition coefficient (Wildman–Crippen LogP) is 2.15. The van der Waals surface area contributed by atoms with Crippen LogP contribution >= 0.6 is 11.6 Å². The molecule has 0 saturated carbocycles. The zero-order valence-corrected chi connectivity index (χ0v) is 17.1. The van der Waals surface area contributed by atoms with Crippen LogP contribution in [0.15, 0.2) is 53.7 Å². The fourth-order valence-electron chi connectivity index (χ4n) is 2.42. The van der Waals surface area contributed by atoms with E-state index < -0.39 is 25.1 Å². The molecular formula is C17H21ClN2O5S2. The lowest BCUT2D eigenvalue weighted by molar-refractivity contribution is 0.414.